The van der Waals surface area contributed by atoms with Gasteiger partial charge in [-0.1, -0.05) is 12.1 Å². The van der Waals surface area contributed by atoms with Crippen LogP contribution in [0.1, 0.15) is 47.5 Å². The van der Waals surface area contributed by atoms with Crippen molar-refractivity contribution in [3.8, 4) is 6.07 Å². The first-order chi connectivity index (χ1) is 12.1. The Balaban J connectivity index is 1.50. The van der Waals surface area contributed by atoms with E-state index in [9.17, 15) is 4.79 Å². The zero-order chi connectivity index (χ0) is 17.4. The second-order valence-electron chi connectivity index (χ2n) is 7.35. The van der Waals surface area contributed by atoms with E-state index in [1.807, 2.05) is 25.1 Å². The van der Waals surface area contributed by atoms with Crippen molar-refractivity contribution in [2.75, 3.05) is 13.1 Å². The third-order valence-electron chi connectivity index (χ3n) is 5.77. The van der Waals surface area contributed by atoms with Crippen molar-refractivity contribution >= 4 is 0 Å². The number of hydrogen-bond acceptors (Lipinski definition) is 4. The molecule has 5 nitrogen and oxygen atoms in total. The highest BCUT2D eigenvalue weighted by molar-refractivity contribution is 5.34. The van der Waals surface area contributed by atoms with Crippen molar-refractivity contribution in [2.24, 2.45) is 0 Å². The quantitative estimate of drug-likeness (QED) is 0.915. The Kier molecular flexibility index (Phi) is 3.93. The van der Waals surface area contributed by atoms with E-state index in [1.165, 1.54) is 5.56 Å². The summed E-state index contributed by atoms with van der Waals surface area (Å²) in [5, 5.41) is 9.05. The second kappa shape index (κ2) is 6.12. The minimum absolute atomic E-state index is 0.0510. The van der Waals surface area contributed by atoms with Gasteiger partial charge >= 0.3 is 0 Å². The van der Waals surface area contributed by atoms with Gasteiger partial charge in [0.05, 0.1) is 17.3 Å². The van der Waals surface area contributed by atoms with E-state index in [1.54, 1.807) is 0 Å². The number of fused-ring (bicyclic) bond motifs is 2. The van der Waals surface area contributed by atoms with Crippen LogP contribution in [0.15, 0.2) is 29.1 Å². The van der Waals surface area contributed by atoms with Gasteiger partial charge in [-0.2, -0.15) is 5.26 Å². The number of aromatic amines is 1. The van der Waals surface area contributed by atoms with Crippen LogP contribution >= 0.6 is 0 Å². The Labute approximate surface area is 147 Å². The summed E-state index contributed by atoms with van der Waals surface area (Å²) >= 11 is 0. The summed E-state index contributed by atoms with van der Waals surface area (Å²) in [4.78, 5) is 22.2. The predicted octanol–water partition coefficient (Wildman–Crippen LogP) is 2.43. The summed E-state index contributed by atoms with van der Waals surface area (Å²) in [7, 11) is 0. The lowest BCUT2D eigenvalue weighted by molar-refractivity contribution is 0.150. The Morgan fingerprint density at radius 3 is 2.88 bits per heavy atom. The topological polar surface area (TPSA) is 72.8 Å². The normalized spacial score (nSPS) is 18.9. The molecule has 1 aliphatic carbocycles. The molecule has 1 fully saturated rings. The van der Waals surface area contributed by atoms with Crippen molar-refractivity contribution in [3.05, 3.63) is 62.8 Å². The lowest BCUT2D eigenvalue weighted by atomic mass is 9.76. The Morgan fingerprint density at radius 1 is 1.32 bits per heavy atom. The summed E-state index contributed by atoms with van der Waals surface area (Å²) in [6, 6.07) is 10.1. The lowest BCUT2D eigenvalue weighted by Crippen LogP contribution is -2.41. The maximum atomic E-state index is 12.2. The molecule has 0 atom stereocenters. The van der Waals surface area contributed by atoms with E-state index in [0.717, 1.165) is 68.0 Å². The third-order valence-corrected chi connectivity index (χ3v) is 5.77. The number of hydrogen-bond donors (Lipinski definition) is 1. The van der Waals surface area contributed by atoms with Gasteiger partial charge in [0, 0.05) is 17.5 Å². The van der Waals surface area contributed by atoms with E-state index >= 15 is 0 Å². The SMILES string of the molecule is Cc1nc2c(c(=O)[nH]1)CCC21CCN(Cc2cccc(C#N)c2)CC1. The van der Waals surface area contributed by atoms with E-state index in [-0.39, 0.29) is 11.0 Å². The fourth-order valence-corrected chi connectivity index (χ4v) is 4.39. The van der Waals surface area contributed by atoms with Crippen LogP contribution in [-0.4, -0.2) is 28.0 Å². The van der Waals surface area contributed by atoms with Crippen LogP contribution in [0.2, 0.25) is 0 Å². The average Bonchev–Trinajstić information content (AvgIpc) is 2.96. The van der Waals surface area contributed by atoms with Gasteiger partial charge in [-0.05, 0) is 63.4 Å². The molecule has 1 aromatic carbocycles. The molecule has 25 heavy (non-hydrogen) atoms. The number of nitrogens with one attached hydrogen (secondary N) is 1. The smallest absolute Gasteiger partial charge is 0.254 e. The summed E-state index contributed by atoms with van der Waals surface area (Å²) in [5.41, 5.74) is 4.00. The molecule has 0 radical (unpaired) electrons. The first-order valence-corrected chi connectivity index (χ1v) is 8.91. The number of nitrogens with zero attached hydrogens (tertiary/aromatic N) is 3. The van der Waals surface area contributed by atoms with Crippen molar-refractivity contribution in [1.82, 2.24) is 14.9 Å². The summed E-state index contributed by atoms with van der Waals surface area (Å²) in [5.74, 6) is 0.723. The molecule has 128 valence electrons. The van der Waals surface area contributed by atoms with Crippen molar-refractivity contribution in [1.29, 1.82) is 5.26 Å². The highest BCUT2D eigenvalue weighted by Gasteiger charge is 2.43. The van der Waals surface area contributed by atoms with Crippen molar-refractivity contribution in [3.63, 3.8) is 0 Å². The molecule has 0 amide bonds. The third kappa shape index (κ3) is 2.87. The average molecular weight is 334 g/mol. The van der Waals surface area contributed by atoms with Gasteiger partial charge in [0.25, 0.3) is 5.56 Å². The minimum Gasteiger partial charge on any atom is -0.311 e. The Hall–Kier alpha value is -2.45. The van der Waals surface area contributed by atoms with Gasteiger partial charge in [-0.25, -0.2) is 4.98 Å². The molecule has 1 N–H and O–H groups in total. The van der Waals surface area contributed by atoms with Crippen LogP contribution in [0.4, 0.5) is 0 Å². The predicted molar refractivity (Wildman–Crippen MR) is 95.3 cm³/mol. The Morgan fingerprint density at radius 2 is 2.12 bits per heavy atom. The summed E-state index contributed by atoms with van der Waals surface area (Å²) < 4.78 is 0. The first-order valence-electron chi connectivity index (χ1n) is 8.91. The molecule has 1 aliphatic heterocycles. The molecule has 5 heteroatoms. The molecule has 2 heterocycles. The number of piperidine rings is 1. The van der Waals surface area contributed by atoms with Gasteiger partial charge in [0.2, 0.25) is 0 Å². The molecule has 4 rings (SSSR count). The van der Waals surface area contributed by atoms with Gasteiger partial charge in [0.15, 0.2) is 0 Å². The zero-order valence-electron chi connectivity index (χ0n) is 14.5. The fraction of sp³-hybridized carbons (Fsp3) is 0.450. The maximum Gasteiger partial charge on any atom is 0.254 e. The van der Waals surface area contributed by atoms with E-state index < -0.39 is 0 Å². The number of rotatable bonds is 2. The molecule has 0 unspecified atom stereocenters. The van der Waals surface area contributed by atoms with Crippen molar-refractivity contribution in [2.45, 2.75) is 44.6 Å². The number of aryl methyl sites for hydroxylation is 1. The van der Waals surface area contributed by atoms with Crippen LogP contribution in [0.3, 0.4) is 0 Å². The molecule has 1 spiro atoms. The molecule has 1 aromatic heterocycles. The van der Waals surface area contributed by atoms with Gasteiger partial charge in [0.1, 0.15) is 5.82 Å². The van der Waals surface area contributed by atoms with Crippen LogP contribution in [0, 0.1) is 18.3 Å². The summed E-state index contributed by atoms with van der Waals surface area (Å²) in [6.45, 7) is 4.75. The number of likely N-dealkylation sites (tertiary alicyclic amines) is 1. The van der Waals surface area contributed by atoms with E-state index in [0.29, 0.717) is 0 Å². The standard InChI is InChI=1S/C20H22N4O/c1-14-22-18-17(19(25)23-14)5-6-20(18)7-9-24(10-8-20)13-16-4-2-3-15(11-16)12-21/h2-4,11H,5-10,13H2,1H3,(H,22,23,25). The van der Waals surface area contributed by atoms with Crippen molar-refractivity contribution < 1.29 is 0 Å². The highest BCUT2D eigenvalue weighted by Crippen LogP contribution is 2.44. The van der Waals surface area contributed by atoms with Crippen LogP contribution < -0.4 is 5.56 Å². The first kappa shape index (κ1) is 16.0. The summed E-state index contributed by atoms with van der Waals surface area (Å²) in [6.07, 6.45) is 3.99. The molecule has 2 aromatic rings. The second-order valence-corrected chi connectivity index (χ2v) is 7.35. The number of nitriles is 1. The highest BCUT2D eigenvalue weighted by atomic mass is 16.1. The fourth-order valence-electron chi connectivity index (χ4n) is 4.39. The van der Waals surface area contributed by atoms with E-state index in [2.05, 4.69) is 22.0 Å². The molecular formula is C20H22N4O. The number of benzene rings is 1. The molecule has 2 aliphatic rings. The Bertz CT molecular complexity index is 901. The molecular weight excluding hydrogens is 312 g/mol. The largest absolute Gasteiger partial charge is 0.311 e. The molecule has 0 saturated carbocycles. The molecule has 1 saturated heterocycles. The van der Waals surface area contributed by atoms with Crippen LogP contribution in [0.25, 0.3) is 0 Å². The number of H-pyrrole nitrogens is 1. The van der Waals surface area contributed by atoms with Gasteiger partial charge in [-0.3, -0.25) is 9.69 Å². The number of aromatic nitrogens is 2. The van der Waals surface area contributed by atoms with Gasteiger partial charge < -0.3 is 4.98 Å². The maximum absolute atomic E-state index is 12.2. The zero-order valence-corrected chi connectivity index (χ0v) is 14.5. The van der Waals surface area contributed by atoms with Crippen LogP contribution in [-0.2, 0) is 18.4 Å². The lowest BCUT2D eigenvalue weighted by Gasteiger charge is -2.39. The minimum atomic E-state index is 0.0510. The van der Waals surface area contributed by atoms with Gasteiger partial charge in [-0.15, -0.1) is 0 Å². The monoisotopic (exact) mass is 334 g/mol. The van der Waals surface area contributed by atoms with Crippen LogP contribution in [0.5, 0.6) is 0 Å². The van der Waals surface area contributed by atoms with E-state index in [4.69, 9.17) is 10.2 Å². The molecule has 0 bridgehead atoms.